The van der Waals surface area contributed by atoms with Gasteiger partial charge in [-0.05, 0) is 102 Å². The van der Waals surface area contributed by atoms with Gasteiger partial charge in [-0.25, -0.2) is 0 Å². The van der Waals surface area contributed by atoms with Crippen LogP contribution < -0.4 is 51.6 Å². The van der Waals surface area contributed by atoms with Crippen molar-refractivity contribution in [2.75, 3.05) is 19.8 Å². The highest BCUT2D eigenvalue weighted by Gasteiger charge is 2.56. The minimum absolute atomic E-state index is 0.217. The second-order valence-electron chi connectivity index (χ2n) is 34.2. The smallest absolute Gasteiger partial charge is 0.249 e. The lowest BCUT2D eigenvalue weighted by atomic mass is 9.98. The molecular weight excluding hydrogens is 1960 g/mol. The molecule has 9 aliphatic rings. The van der Waals surface area contributed by atoms with Gasteiger partial charge in [0.1, 0.15) is 165 Å². The molecular formula is C81H153N9O54. The van der Waals surface area contributed by atoms with Gasteiger partial charge >= 0.3 is 0 Å². The van der Waals surface area contributed by atoms with E-state index in [1.807, 2.05) is 20.8 Å². The number of hydrogen-bond acceptors (Lipinski definition) is 54. The summed E-state index contributed by atoms with van der Waals surface area (Å²) in [6.07, 6.45) is -62.9. The van der Waals surface area contributed by atoms with Crippen LogP contribution in [-0.2, 0) is 128 Å². The summed E-state index contributed by atoms with van der Waals surface area (Å²) in [6.45, 7) is 26.8. The van der Waals surface area contributed by atoms with Crippen LogP contribution in [0.25, 0.3) is 0 Å². The van der Waals surface area contributed by atoms with Crippen molar-refractivity contribution in [2.45, 2.75) is 436 Å². The summed E-state index contributed by atoms with van der Waals surface area (Å²) in [4.78, 5) is 98.4. The molecule has 9 heterocycles. The Morgan fingerprint density at radius 3 is 0.382 bits per heavy atom. The Balaban J connectivity index is 0.000000810. The van der Waals surface area contributed by atoms with Crippen molar-refractivity contribution >= 4 is 53.2 Å². The van der Waals surface area contributed by atoms with Crippen LogP contribution in [0.5, 0.6) is 0 Å². The third-order valence-electron chi connectivity index (χ3n) is 21.7. The molecule has 45 N–H and O–H groups in total. The molecule has 21 unspecified atom stereocenters. The molecule has 0 aliphatic carbocycles. The van der Waals surface area contributed by atoms with Crippen LogP contribution in [0.1, 0.15) is 123 Å². The summed E-state index contributed by atoms with van der Waals surface area (Å²) in [7, 11) is 0. The van der Waals surface area contributed by atoms with Crippen LogP contribution in [0, 0.1) is 0 Å². The van der Waals surface area contributed by atoms with E-state index in [9.17, 15) is 181 Å². The highest BCUT2D eigenvalue weighted by molar-refractivity contribution is 5.83. The summed E-state index contributed by atoms with van der Waals surface area (Å²) in [5.74, 6) is -8.26. The summed E-state index contributed by atoms with van der Waals surface area (Å²) in [6, 6.07) is 0. The summed E-state index contributed by atoms with van der Waals surface area (Å²) < 4.78 is 91.1. The van der Waals surface area contributed by atoms with Gasteiger partial charge in [0.25, 0.3) is 0 Å². The third-order valence-corrected chi connectivity index (χ3v) is 21.7. The molecule has 144 heavy (non-hydrogen) atoms. The second-order valence-corrected chi connectivity index (χ2v) is 34.2. The summed E-state index contributed by atoms with van der Waals surface area (Å²) >= 11 is 0. The topological polar surface area (TPSA) is 1100 Å². The molecule has 846 valence electrons. The molecule has 63 heteroatoms. The molecule has 0 aromatic carbocycles. The lowest BCUT2D eigenvalue weighted by Crippen LogP contribution is -2.61. The fraction of sp³-hybridized carbons (Fsp3) is 0.889. The Labute approximate surface area is 824 Å². The third kappa shape index (κ3) is 39.7. The van der Waals surface area contributed by atoms with E-state index in [1.54, 1.807) is 83.1 Å². The van der Waals surface area contributed by atoms with Gasteiger partial charge in [-0.3, -0.25) is 43.2 Å². The van der Waals surface area contributed by atoms with Gasteiger partial charge in [-0.15, -0.1) is 0 Å². The molecule has 9 amide bonds. The monoisotopic (exact) mass is 2120 g/mol. The van der Waals surface area contributed by atoms with E-state index in [0.29, 0.717) is 19.3 Å². The van der Waals surface area contributed by atoms with Crippen LogP contribution in [0.4, 0.5) is 0 Å². The van der Waals surface area contributed by atoms with Gasteiger partial charge in [-0.2, -0.15) is 0 Å². The molecule has 48 atom stereocenters. The maximum Gasteiger partial charge on any atom is 0.249 e. The first-order valence-electron chi connectivity index (χ1n) is 45.3. The van der Waals surface area contributed by atoms with Gasteiger partial charge in [0, 0.05) is 19.8 Å². The highest BCUT2D eigenvalue weighted by atomic mass is 16.8. The Hall–Kier alpha value is -6.57. The van der Waals surface area contributed by atoms with E-state index in [4.69, 9.17) is 137 Å². The van der Waals surface area contributed by atoms with Gasteiger partial charge < -0.3 is 275 Å². The van der Waals surface area contributed by atoms with Crippen molar-refractivity contribution in [3.05, 3.63) is 0 Å². The zero-order valence-corrected chi connectivity index (χ0v) is 81.5. The Kier molecular flexibility index (Phi) is 60.4. The van der Waals surface area contributed by atoms with Crippen molar-refractivity contribution in [1.29, 1.82) is 0 Å². The summed E-state index contributed by atoms with van der Waals surface area (Å²) in [5, 5.41) is 256. The molecule has 0 spiro atoms. The molecule has 63 nitrogen and oxygen atoms in total. The number of carbonyl (C=O) groups excluding carboxylic acids is 9. The number of aliphatic hydroxyl groups is 27. The number of primary amides is 9. The van der Waals surface area contributed by atoms with Crippen molar-refractivity contribution in [3.63, 3.8) is 0 Å². The maximum absolute atomic E-state index is 11.0. The number of amides is 9. The Morgan fingerprint density at radius 1 is 0.181 bits per heavy atom. The molecule has 9 aliphatic heterocycles. The predicted molar refractivity (Wildman–Crippen MR) is 469 cm³/mol. The van der Waals surface area contributed by atoms with Crippen LogP contribution in [0.3, 0.4) is 0 Å². The lowest BCUT2D eigenvalue weighted by Gasteiger charge is -2.39. The molecule has 0 radical (unpaired) electrons. The van der Waals surface area contributed by atoms with E-state index in [-0.39, 0.29) is 56.4 Å². The van der Waals surface area contributed by atoms with Crippen molar-refractivity contribution in [1.82, 2.24) is 0 Å². The molecule has 9 rings (SSSR count). The quantitative estimate of drug-likeness (QED) is 0.0318. The van der Waals surface area contributed by atoms with Crippen molar-refractivity contribution in [2.24, 2.45) is 51.6 Å². The maximum atomic E-state index is 11.0. The molecule has 0 aromatic heterocycles. The molecule has 0 bridgehead atoms. The zero-order valence-electron chi connectivity index (χ0n) is 81.5. The number of rotatable bonds is 30. The highest BCUT2D eigenvalue weighted by Crippen LogP contribution is 2.32. The van der Waals surface area contributed by atoms with Gasteiger partial charge in [0.2, 0.25) is 53.2 Å². The number of ether oxygens (including phenoxy) is 18. The first-order valence-corrected chi connectivity index (χ1v) is 45.3. The largest absolute Gasteiger partial charge is 0.387 e. The second kappa shape index (κ2) is 64.2. The Bertz CT molecular complexity index is 3400. The minimum Gasteiger partial charge on any atom is -0.387 e. The van der Waals surface area contributed by atoms with E-state index in [1.165, 1.54) is 0 Å². The van der Waals surface area contributed by atoms with Crippen LogP contribution >= 0.6 is 0 Å². The SMILES string of the molecule is CC(C)O[C@@H]1OC(C(N)=O)[C@@H](O)C(O)[C@@H]1O.CC(C)O[C@@H]1OC(C(N)=O)[C@@H](O)C(O)[C@H]1O.CC(C)O[C@@H]1OC(C(N)=O)[C@H](O)C(O)[C@@H]1O.CCC(C)O[C@@H]1OC(C(N)=O)[C@@H](O)C(O)[C@@H]1O.CCC(C)O[C@@H]1OC(C(N)=O)[C@@H](O)C(O)[C@H]1O.CCC(C)O[C@@H]1OC(C(N)=O)[C@H](O)C(O)[C@@H]1O.CCO[C@@H]1OC(C(N)=O)[C@@H](O)C(O)[C@@H]1O.CCO[C@@H]1OC(C(N)=O)[C@@H](O)C(O)[C@H]1O.CCO[C@@H]1OC(C(N)=O)[C@H](O)C(O)[C@@H]1O. The van der Waals surface area contributed by atoms with E-state index in [2.05, 4.69) is 0 Å². The summed E-state index contributed by atoms with van der Waals surface area (Å²) in [5.41, 5.74) is 44.9. The number of carbonyl (C=O) groups is 9. The molecule has 0 saturated carbocycles. The Morgan fingerprint density at radius 2 is 0.285 bits per heavy atom. The first kappa shape index (κ1) is 135. The number of hydrogen-bond donors (Lipinski definition) is 36. The molecule has 9 saturated heterocycles. The normalized spacial score (nSPS) is 40.4. The fourth-order valence-electron chi connectivity index (χ4n) is 13.1. The minimum atomic E-state index is -1.56. The predicted octanol–water partition coefficient (Wildman–Crippen LogP) is -20.7. The van der Waals surface area contributed by atoms with Crippen molar-refractivity contribution < 1.29 is 266 Å². The standard InChI is InChI=1S/3C10H19NO6.3C9H17NO6.3C8H15NO6/c3*1-3-4(2)16-10-7(14)5(12)6(13)8(17-10)9(11)15;3*1-3(2)15-9-6(13)4(11)5(12)7(16-9)8(10)14;3*1-2-14-8-5(12)3(10)4(11)6(15-8)7(9)13/h3*4-8,10,12-14H,3H2,1-2H3,(H2,11,15);3*3-7,9,11-13H,1-2H3,(H2,10,14);3*3-6,8,10-12H,2H2,1H3,(H2,9,13)/t4?,5?,6-,7+,8?,10+;4?,5?,6-,7+,8?,10-;4?,5?,6-,7-,8?,10+;4?,5-,6+,7?,9+;4?,5-,6+,7?,9-;4?,5-,6-,7?,9+;3?,4-,5+,6?,8+;3?,4-,5+,6?,8-;3?,4-,5-,6?,8+/m010010010/s1. The molecule has 0 aromatic rings. The lowest BCUT2D eigenvalue weighted by molar-refractivity contribution is -0.299. The van der Waals surface area contributed by atoms with Gasteiger partial charge in [-0.1, -0.05) is 20.8 Å². The van der Waals surface area contributed by atoms with Crippen LogP contribution in [-0.4, -0.2) is 524 Å². The van der Waals surface area contributed by atoms with E-state index < -0.39 is 330 Å². The van der Waals surface area contributed by atoms with Crippen molar-refractivity contribution in [3.8, 4) is 0 Å². The fourth-order valence-corrected chi connectivity index (χ4v) is 13.1. The van der Waals surface area contributed by atoms with E-state index >= 15 is 0 Å². The molecule has 9 fully saturated rings. The van der Waals surface area contributed by atoms with Gasteiger partial charge in [0.15, 0.2) is 112 Å². The van der Waals surface area contributed by atoms with Gasteiger partial charge in [0.05, 0.1) is 36.6 Å². The first-order chi connectivity index (χ1) is 66.6. The number of aliphatic hydroxyl groups excluding tert-OH is 27. The average molecular weight is 2120 g/mol. The average Bonchev–Trinajstić information content (AvgIpc) is 0.814. The van der Waals surface area contributed by atoms with Crippen LogP contribution in [0.2, 0.25) is 0 Å². The number of nitrogens with two attached hydrogens (primary N) is 9. The van der Waals surface area contributed by atoms with Crippen LogP contribution in [0.15, 0.2) is 0 Å². The zero-order chi connectivity index (χ0) is 112. The van der Waals surface area contributed by atoms with E-state index in [0.717, 1.165) is 0 Å².